The molecule has 0 spiro atoms. The van der Waals surface area contributed by atoms with Gasteiger partial charge in [-0.2, -0.15) is 0 Å². The van der Waals surface area contributed by atoms with Crippen LogP contribution < -0.4 is 20.3 Å². The number of nitrogens with zero attached hydrogens (tertiary/aromatic N) is 1. The highest BCUT2D eigenvalue weighted by Gasteiger charge is 2.34. The summed E-state index contributed by atoms with van der Waals surface area (Å²) in [5.74, 6) is 0.583. The number of benzene rings is 2. The van der Waals surface area contributed by atoms with Gasteiger partial charge in [0.2, 0.25) is 5.91 Å². The molecule has 2 amide bonds. The van der Waals surface area contributed by atoms with Crippen molar-refractivity contribution in [1.82, 2.24) is 5.32 Å². The minimum Gasteiger partial charge on any atom is -0.496 e. The molecule has 4 rings (SSSR count). The smallest absolute Gasteiger partial charge is 0.251 e. The number of ether oxygens (including phenoxy) is 1. The van der Waals surface area contributed by atoms with Gasteiger partial charge in [-0.05, 0) is 43.5 Å². The third-order valence-electron chi connectivity index (χ3n) is 5.26. The summed E-state index contributed by atoms with van der Waals surface area (Å²) in [6, 6.07) is 13.0. The fourth-order valence-electron chi connectivity index (χ4n) is 3.86. The third kappa shape index (κ3) is 3.35. The molecule has 140 valence electrons. The molecule has 0 aromatic heterocycles. The molecule has 2 aromatic rings. The molecule has 27 heavy (non-hydrogen) atoms. The standard InChI is InChI=1S/C21H23N3O3/c1-27-19-8-3-2-6-15(19)13-22-20(25)14-9-10-17-16(12-14)23-21(26)18-7-4-5-11-24(17)18/h2-3,6,8-10,12,18H,4-5,7,11,13H2,1H3,(H,22,25)(H,23,26)/t18-/m1/s1. The molecule has 0 radical (unpaired) electrons. The number of piperidine rings is 1. The first-order valence-corrected chi connectivity index (χ1v) is 9.29. The third-order valence-corrected chi connectivity index (χ3v) is 5.26. The Bertz CT molecular complexity index is 881. The van der Waals surface area contributed by atoms with E-state index in [1.165, 1.54) is 0 Å². The van der Waals surface area contributed by atoms with Gasteiger partial charge in [-0.3, -0.25) is 9.59 Å². The second-order valence-electron chi connectivity index (χ2n) is 6.92. The topological polar surface area (TPSA) is 70.7 Å². The summed E-state index contributed by atoms with van der Waals surface area (Å²) < 4.78 is 5.32. The fourth-order valence-corrected chi connectivity index (χ4v) is 3.86. The highest BCUT2D eigenvalue weighted by Crippen LogP contribution is 2.36. The maximum Gasteiger partial charge on any atom is 0.251 e. The Morgan fingerprint density at radius 3 is 2.96 bits per heavy atom. The van der Waals surface area contributed by atoms with Crippen molar-refractivity contribution in [2.45, 2.75) is 31.8 Å². The van der Waals surface area contributed by atoms with Gasteiger partial charge in [0.25, 0.3) is 5.91 Å². The molecular formula is C21H23N3O3. The van der Waals surface area contributed by atoms with Crippen molar-refractivity contribution in [1.29, 1.82) is 0 Å². The Balaban J connectivity index is 1.51. The van der Waals surface area contributed by atoms with E-state index < -0.39 is 0 Å². The van der Waals surface area contributed by atoms with Crippen LogP contribution >= 0.6 is 0 Å². The Kier molecular flexibility index (Phi) is 4.71. The van der Waals surface area contributed by atoms with Gasteiger partial charge in [-0.15, -0.1) is 0 Å². The number of anilines is 2. The number of methoxy groups -OCH3 is 1. The van der Waals surface area contributed by atoms with Crippen molar-refractivity contribution in [3.63, 3.8) is 0 Å². The zero-order valence-corrected chi connectivity index (χ0v) is 15.3. The molecular weight excluding hydrogens is 342 g/mol. The Labute approximate surface area is 158 Å². The lowest BCUT2D eigenvalue weighted by Gasteiger charge is -2.41. The van der Waals surface area contributed by atoms with E-state index in [0.29, 0.717) is 17.8 Å². The van der Waals surface area contributed by atoms with Crippen LogP contribution in [0.25, 0.3) is 0 Å². The van der Waals surface area contributed by atoms with E-state index in [4.69, 9.17) is 4.74 Å². The molecule has 2 aromatic carbocycles. The second-order valence-corrected chi connectivity index (χ2v) is 6.92. The molecule has 1 atom stereocenters. The van der Waals surface area contributed by atoms with Gasteiger partial charge in [-0.25, -0.2) is 0 Å². The first-order chi connectivity index (χ1) is 13.2. The molecule has 1 fully saturated rings. The molecule has 2 heterocycles. The van der Waals surface area contributed by atoms with Crippen molar-refractivity contribution in [3.05, 3.63) is 53.6 Å². The maximum atomic E-state index is 12.6. The van der Waals surface area contributed by atoms with E-state index in [-0.39, 0.29) is 17.9 Å². The molecule has 1 saturated heterocycles. The Hall–Kier alpha value is -3.02. The number of rotatable bonds is 4. The molecule has 6 nitrogen and oxygen atoms in total. The van der Waals surface area contributed by atoms with E-state index in [1.54, 1.807) is 13.2 Å². The van der Waals surface area contributed by atoms with Crippen molar-refractivity contribution in [2.75, 3.05) is 23.9 Å². The van der Waals surface area contributed by atoms with Gasteiger partial charge in [-0.1, -0.05) is 18.2 Å². The van der Waals surface area contributed by atoms with Crippen molar-refractivity contribution >= 4 is 23.2 Å². The molecule has 2 aliphatic heterocycles. The summed E-state index contributed by atoms with van der Waals surface area (Å²) >= 11 is 0. The van der Waals surface area contributed by atoms with E-state index >= 15 is 0 Å². The number of carbonyl (C=O) groups is 2. The van der Waals surface area contributed by atoms with Crippen molar-refractivity contribution in [2.24, 2.45) is 0 Å². The zero-order valence-electron chi connectivity index (χ0n) is 15.3. The van der Waals surface area contributed by atoms with E-state index in [0.717, 1.165) is 42.8 Å². The van der Waals surface area contributed by atoms with Crippen LogP contribution in [0.1, 0.15) is 35.2 Å². The second kappa shape index (κ2) is 7.31. The summed E-state index contributed by atoms with van der Waals surface area (Å²) in [6.45, 7) is 1.25. The van der Waals surface area contributed by atoms with Crippen LogP contribution in [-0.4, -0.2) is 31.5 Å². The highest BCUT2D eigenvalue weighted by atomic mass is 16.5. The molecule has 6 heteroatoms. The minimum absolute atomic E-state index is 0.0220. The molecule has 2 aliphatic rings. The van der Waals surface area contributed by atoms with Crippen LogP contribution in [0.4, 0.5) is 11.4 Å². The minimum atomic E-state index is -0.182. The number of carbonyl (C=O) groups excluding carboxylic acids is 2. The van der Waals surface area contributed by atoms with E-state index in [2.05, 4.69) is 15.5 Å². The van der Waals surface area contributed by atoms with Gasteiger partial charge in [0.05, 0.1) is 18.5 Å². The van der Waals surface area contributed by atoms with Crippen LogP contribution in [0.3, 0.4) is 0 Å². The molecule has 2 N–H and O–H groups in total. The van der Waals surface area contributed by atoms with E-state index in [1.807, 2.05) is 36.4 Å². The number of nitrogens with one attached hydrogen (secondary N) is 2. The van der Waals surface area contributed by atoms with Gasteiger partial charge in [0.15, 0.2) is 0 Å². The number of amides is 2. The van der Waals surface area contributed by atoms with Gasteiger partial charge in [0, 0.05) is 24.2 Å². The maximum absolute atomic E-state index is 12.6. The predicted molar refractivity (Wildman–Crippen MR) is 104 cm³/mol. The van der Waals surface area contributed by atoms with Gasteiger partial charge < -0.3 is 20.3 Å². The summed E-state index contributed by atoms with van der Waals surface area (Å²) in [6.07, 6.45) is 3.05. The summed E-state index contributed by atoms with van der Waals surface area (Å²) in [7, 11) is 1.61. The Morgan fingerprint density at radius 2 is 2.11 bits per heavy atom. The average molecular weight is 365 g/mol. The largest absolute Gasteiger partial charge is 0.496 e. The molecule has 0 aliphatic carbocycles. The van der Waals surface area contributed by atoms with Crippen LogP contribution in [0.2, 0.25) is 0 Å². The molecule has 0 bridgehead atoms. The van der Waals surface area contributed by atoms with Crippen molar-refractivity contribution < 1.29 is 14.3 Å². The lowest BCUT2D eigenvalue weighted by molar-refractivity contribution is -0.118. The Morgan fingerprint density at radius 1 is 1.26 bits per heavy atom. The summed E-state index contributed by atoms with van der Waals surface area (Å²) in [4.78, 5) is 27.1. The number of hydrogen-bond acceptors (Lipinski definition) is 4. The summed E-state index contributed by atoms with van der Waals surface area (Å²) in [5, 5.41) is 5.88. The fraction of sp³-hybridized carbons (Fsp3) is 0.333. The SMILES string of the molecule is COc1ccccc1CNC(=O)c1ccc2c(c1)NC(=O)[C@H]1CCCCN21. The monoisotopic (exact) mass is 365 g/mol. The predicted octanol–water partition coefficient (Wildman–Crippen LogP) is 2.94. The van der Waals surface area contributed by atoms with Gasteiger partial charge >= 0.3 is 0 Å². The lowest BCUT2D eigenvalue weighted by Crippen LogP contribution is -2.50. The normalized spacial score (nSPS) is 18.2. The number of hydrogen-bond donors (Lipinski definition) is 2. The first kappa shape index (κ1) is 17.4. The molecule has 0 unspecified atom stereocenters. The highest BCUT2D eigenvalue weighted by molar-refractivity contribution is 6.05. The summed E-state index contributed by atoms with van der Waals surface area (Å²) in [5.41, 5.74) is 3.15. The molecule has 0 saturated carbocycles. The van der Waals surface area contributed by atoms with Crippen LogP contribution in [-0.2, 0) is 11.3 Å². The van der Waals surface area contributed by atoms with Crippen LogP contribution in [0.15, 0.2) is 42.5 Å². The number of para-hydroxylation sites is 1. The first-order valence-electron chi connectivity index (χ1n) is 9.29. The van der Waals surface area contributed by atoms with E-state index in [9.17, 15) is 9.59 Å². The van der Waals surface area contributed by atoms with Crippen LogP contribution in [0.5, 0.6) is 5.75 Å². The zero-order chi connectivity index (χ0) is 18.8. The van der Waals surface area contributed by atoms with Crippen molar-refractivity contribution in [3.8, 4) is 5.75 Å². The lowest BCUT2D eigenvalue weighted by atomic mass is 9.97. The number of fused-ring (bicyclic) bond motifs is 3. The average Bonchev–Trinajstić information content (AvgIpc) is 2.72. The van der Waals surface area contributed by atoms with Gasteiger partial charge in [0.1, 0.15) is 11.8 Å². The van der Waals surface area contributed by atoms with Crippen LogP contribution in [0, 0.1) is 0 Å². The quantitative estimate of drug-likeness (QED) is 0.874.